The predicted molar refractivity (Wildman–Crippen MR) is 68.6 cm³/mol. The number of nitrogens with zero attached hydrogens (tertiary/aromatic N) is 2. The van der Waals surface area contributed by atoms with Gasteiger partial charge in [-0.2, -0.15) is 0 Å². The predicted octanol–water partition coefficient (Wildman–Crippen LogP) is 3.79. The highest BCUT2D eigenvalue weighted by Crippen LogP contribution is 2.17. The van der Waals surface area contributed by atoms with Crippen molar-refractivity contribution in [3.63, 3.8) is 0 Å². The number of imidazole rings is 1. The molecule has 1 aromatic heterocycles. The summed E-state index contributed by atoms with van der Waals surface area (Å²) in [4.78, 5) is 4.72. The van der Waals surface area contributed by atoms with Crippen molar-refractivity contribution in [2.24, 2.45) is 0 Å². The van der Waals surface area contributed by atoms with Crippen LogP contribution in [0.5, 0.6) is 0 Å². The number of aryl methyl sites for hydroxylation is 2. The second kappa shape index (κ2) is 5.15. The quantitative estimate of drug-likeness (QED) is 0.695. The molecule has 1 heterocycles. The Morgan fingerprint density at radius 3 is 2.69 bits per heavy atom. The molecular formula is C14H20N2. The number of unbranched alkanes of at least 4 members (excludes halogenated alkanes) is 2. The van der Waals surface area contributed by atoms with E-state index in [-0.39, 0.29) is 0 Å². The van der Waals surface area contributed by atoms with Gasteiger partial charge in [-0.05, 0) is 25.5 Å². The summed E-state index contributed by atoms with van der Waals surface area (Å²) in [6.45, 7) is 5.45. The molecule has 0 bridgehead atoms. The van der Waals surface area contributed by atoms with Gasteiger partial charge in [0.05, 0.1) is 11.0 Å². The minimum Gasteiger partial charge on any atom is -0.328 e. The molecule has 0 N–H and O–H groups in total. The average molecular weight is 216 g/mol. The van der Waals surface area contributed by atoms with Crippen LogP contribution < -0.4 is 0 Å². The lowest BCUT2D eigenvalue weighted by Gasteiger charge is -2.05. The molecule has 2 heteroatoms. The van der Waals surface area contributed by atoms with Gasteiger partial charge in [-0.3, -0.25) is 0 Å². The van der Waals surface area contributed by atoms with Crippen LogP contribution in [0.3, 0.4) is 0 Å². The van der Waals surface area contributed by atoms with Gasteiger partial charge >= 0.3 is 0 Å². The van der Waals surface area contributed by atoms with Gasteiger partial charge in [0.1, 0.15) is 5.82 Å². The molecule has 2 aromatic rings. The number of para-hydroxylation sites is 2. The topological polar surface area (TPSA) is 17.8 Å². The Bertz CT molecular complexity index is 457. The maximum atomic E-state index is 4.72. The molecule has 2 nitrogen and oxygen atoms in total. The van der Waals surface area contributed by atoms with E-state index in [2.05, 4.69) is 42.7 Å². The first-order chi connectivity index (χ1) is 7.86. The van der Waals surface area contributed by atoms with E-state index in [1.165, 1.54) is 30.6 Å². The van der Waals surface area contributed by atoms with Crippen LogP contribution in [0.1, 0.15) is 38.9 Å². The van der Waals surface area contributed by atoms with Gasteiger partial charge in [-0.15, -0.1) is 0 Å². The van der Waals surface area contributed by atoms with E-state index in [1.807, 2.05) is 0 Å². The van der Waals surface area contributed by atoms with E-state index >= 15 is 0 Å². The second-order valence-electron chi connectivity index (χ2n) is 4.22. The zero-order chi connectivity index (χ0) is 11.4. The smallest absolute Gasteiger partial charge is 0.109 e. The summed E-state index contributed by atoms with van der Waals surface area (Å²) in [5.41, 5.74) is 2.41. The molecule has 0 aliphatic carbocycles. The Morgan fingerprint density at radius 1 is 1.12 bits per heavy atom. The van der Waals surface area contributed by atoms with Gasteiger partial charge in [0.15, 0.2) is 0 Å². The van der Waals surface area contributed by atoms with Crippen molar-refractivity contribution in [1.82, 2.24) is 9.55 Å². The van der Waals surface area contributed by atoms with Gasteiger partial charge in [0.25, 0.3) is 0 Å². The van der Waals surface area contributed by atoms with E-state index in [9.17, 15) is 0 Å². The molecule has 2 rings (SSSR count). The van der Waals surface area contributed by atoms with Crippen LogP contribution in [-0.4, -0.2) is 9.55 Å². The number of aromatic nitrogens is 2. The number of benzene rings is 1. The largest absolute Gasteiger partial charge is 0.328 e. The summed E-state index contributed by atoms with van der Waals surface area (Å²) in [5, 5.41) is 0. The molecule has 0 saturated heterocycles. The Kier molecular flexibility index (Phi) is 3.60. The monoisotopic (exact) mass is 216 g/mol. The van der Waals surface area contributed by atoms with Gasteiger partial charge in [-0.25, -0.2) is 4.98 Å². The summed E-state index contributed by atoms with van der Waals surface area (Å²) in [7, 11) is 0. The van der Waals surface area contributed by atoms with Crippen LogP contribution in [0, 0.1) is 0 Å². The third-order valence-corrected chi connectivity index (χ3v) is 3.05. The van der Waals surface area contributed by atoms with Gasteiger partial charge in [-0.1, -0.05) is 31.9 Å². The molecule has 86 valence electrons. The lowest BCUT2D eigenvalue weighted by atomic mass is 10.2. The molecule has 0 radical (unpaired) electrons. The van der Waals surface area contributed by atoms with Gasteiger partial charge < -0.3 is 4.57 Å². The normalized spacial score (nSPS) is 11.1. The van der Waals surface area contributed by atoms with Crippen molar-refractivity contribution in [3.05, 3.63) is 30.1 Å². The van der Waals surface area contributed by atoms with Crippen molar-refractivity contribution in [2.45, 2.75) is 46.1 Å². The first-order valence-electron chi connectivity index (χ1n) is 6.31. The Morgan fingerprint density at radius 2 is 1.94 bits per heavy atom. The molecule has 0 unspecified atom stereocenters. The molecule has 0 aliphatic rings. The molecule has 1 aromatic carbocycles. The summed E-state index contributed by atoms with van der Waals surface area (Å²) in [6, 6.07) is 8.41. The van der Waals surface area contributed by atoms with Crippen LogP contribution in [0.15, 0.2) is 24.3 Å². The zero-order valence-corrected chi connectivity index (χ0v) is 10.2. The summed E-state index contributed by atoms with van der Waals surface area (Å²) in [5.74, 6) is 1.25. The first kappa shape index (κ1) is 11.2. The summed E-state index contributed by atoms with van der Waals surface area (Å²) < 4.78 is 2.34. The summed E-state index contributed by atoms with van der Waals surface area (Å²) >= 11 is 0. The minimum atomic E-state index is 1.02. The van der Waals surface area contributed by atoms with Crippen molar-refractivity contribution in [1.29, 1.82) is 0 Å². The van der Waals surface area contributed by atoms with Crippen LogP contribution >= 0.6 is 0 Å². The molecule has 0 saturated carbocycles. The van der Waals surface area contributed by atoms with Crippen LogP contribution in [0.4, 0.5) is 0 Å². The maximum absolute atomic E-state index is 4.72. The average Bonchev–Trinajstić information content (AvgIpc) is 2.67. The third kappa shape index (κ3) is 2.11. The molecule has 0 spiro atoms. The Labute approximate surface area is 97.3 Å². The van der Waals surface area contributed by atoms with E-state index in [4.69, 9.17) is 4.98 Å². The molecule has 0 fully saturated rings. The fourth-order valence-corrected chi connectivity index (χ4v) is 2.20. The third-order valence-electron chi connectivity index (χ3n) is 3.05. The van der Waals surface area contributed by atoms with Crippen molar-refractivity contribution in [3.8, 4) is 0 Å². The van der Waals surface area contributed by atoms with E-state index in [0.717, 1.165) is 18.5 Å². The van der Waals surface area contributed by atoms with E-state index in [0.29, 0.717) is 0 Å². The number of fused-ring (bicyclic) bond motifs is 1. The van der Waals surface area contributed by atoms with Crippen molar-refractivity contribution in [2.75, 3.05) is 0 Å². The highest BCUT2D eigenvalue weighted by molar-refractivity contribution is 5.75. The van der Waals surface area contributed by atoms with Crippen LogP contribution in [0.25, 0.3) is 11.0 Å². The molecule has 0 atom stereocenters. The summed E-state index contributed by atoms with van der Waals surface area (Å²) in [6.07, 6.45) is 4.93. The Balaban J connectivity index is 2.29. The highest BCUT2D eigenvalue weighted by atomic mass is 15.1. The number of hydrogen-bond acceptors (Lipinski definition) is 1. The maximum Gasteiger partial charge on any atom is 0.109 e. The fourth-order valence-electron chi connectivity index (χ4n) is 2.20. The lowest BCUT2D eigenvalue weighted by Crippen LogP contribution is -2.01. The second-order valence-corrected chi connectivity index (χ2v) is 4.22. The highest BCUT2D eigenvalue weighted by Gasteiger charge is 2.07. The van der Waals surface area contributed by atoms with Gasteiger partial charge in [0, 0.05) is 13.0 Å². The van der Waals surface area contributed by atoms with Gasteiger partial charge in [0.2, 0.25) is 0 Å². The molecular weight excluding hydrogens is 196 g/mol. The number of hydrogen-bond donors (Lipinski definition) is 0. The SMILES string of the molecule is CCCCCc1nc2ccccc2n1CC. The van der Waals surface area contributed by atoms with Crippen molar-refractivity contribution >= 4 is 11.0 Å². The molecule has 16 heavy (non-hydrogen) atoms. The minimum absolute atomic E-state index is 1.02. The van der Waals surface area contributed by atoms with E-state index in [1.54, 1.807) is 0 Å². The number of rotatable bonds is 5. The Hall–Kier alpha value is -1.31. The molecule has 0 amide bonds. The zero-order valence-electron chi connectivity index (χ0n) is 10.2. The van der Waals surface area contributed by atoms with Crippen LogP contribution in [0.2, 0.25) is 0 Å². The standard InChI is InChI=1S/C14H20N2/c1-3-5-6-11-14-15-12-9-7-8-10-13(12)16(14)4-2/h7-10H,3-6,11H2,1-2H3. The van der Waals surface area contributed by atoms with Crippen LogP contribution in [-0.2, 0) is 13.0 Å². The lowest BCUT2D eigenvalue weighted by molar-refractivity contribution is 0.650. The fraction of sp³-hybridized carbons (Fsp3) is 0.500. The first-order valence-corrected chi connectivity index (χ1v) is 6.31. The van der Waals surface area contributed by atoms with Crippen molar-refractivity contribution < 1.29 is 0 Å². The van der Waals surface area contributed by atoms with E-state index < -0.39 is 0 Å². The molecule has 0 aliphatic heterocycles.